The fraction of sp³-hybridized carbons (Fsp3) is 0.192. The molecule has 0 aliphatic heterocycles. The summed E-state index contributed by atoms with van der Waals surface area (Å²) in [6, 6.07) is 12.7. The first-order valence-corrected chi connectivity index (χ1v) is 11.6. The van der Waals surface area contributed by atoms with Gasteiger partial charge >= 0.3 is 0 Å². The minimum absolute atomic E-state index is 0.312. The number of nitrogens with zero attached hydrogens (tertiary/aromatic N) is 4. The number of aromatic nitrogens is 3. The van der Waals surface area contributed by atoms with Crippen LogP contribution in [0, 0.1) is 25.2 Å². The van der Waals surface area contributed by atoms with Crippen LogP contribution in [-0.4, -0.2) is 26.0 Å². The molecule has 0 fully saturated rings. The molecule has 2 atom stereocenters. The highest BCUT2D eigenvalue weighted by molar-refractivity contribution is 7.09. The van der Waals surface area contributed by atoms with Gasteiger partial charge in [0.25, 0.3) is 5.91 Å². The molecule has 1 unspecified atom stereocenters. The topological polar surface area (TPSA) is 112 Å². The Morgan fingerprint density at radius 2 is 1.85 bits per heavy atom. The molecule has 170 valence electrons. The van der Waals surface area contributed by atoms with Crippen LogP contribution in [0.15, 0.2) is 60.4 Å². The quantitative estimate of drug-likeness (QED) is 0.425. The predicted octanol–water partition coefficient (Wildman–Crippen LogP) is 4.66. The number of benzene rings is 2. The third-order valence-electron chi connectivity index (χ3n) is 5.47. The van der Waals surface area contributed by atoms with Crippen molar-refractivity contribution in [3.05, 3.63) is 99.0 Å². The number of aliphatic hydroxyl groups is 1. The van der Waals surface area contributed by atoms with E-state index >= 15 is 0 Å². The van der Waals surface area contributed by atoms with E-state index in [0.717, 1.165) is 11.1 Å². The van der Waals surface area contributed by atoms with E-state index in [1.165, 1.54) is 11.3 Å². The zero-order valence-corrected chi connectivity index (χ0v) is 19.8. The summed E-state index contributed by atoms with van der Waals surface area (Å²) in [5, 5.41) is 25.9. The Balaban J connectivity index is 1.75. The molecule has 0 saturated heterocycles. The third-order valence-corrected chi connectivity index (χ3v) is 6.30. The first kappa shape index (κ1) is 23.2. The van der Waals surface area contributed by atoms with E-state index in [1.54, 1.807) is 55.2 Å². The number of carbonyl (C=O) groups excluding carboxylic acids is 1. The lowest BCUT2D eigenvalue weighted by atomic mass is 9.93. The molecule has 4 aromatic rings. The molecule has 1 amide bonds. The van der Waals surface area contributed by atoms with Gasteiger partial charge in [-0.05, 0) is 67.3 Å². The molecule has 0 saturated carbocycles. The Morgan fingerprint density at radius 3 is 2.53 bits per heavy atom. The molecule has 0 bridgehead atoms. The number of nitriles is 1. The molecule has 2 aromatic heterocycles. The molecule has 4 rings (SSSR count). The van der Waals surface area contributed by atoms with Crippen molar-refractivity contribution < 1.29 is 9.90 Å². The van der Waals surface area contributed by atoms with Crippen molar-refractivity contribution in [2.75, 3.05) is 0 Å². The lowest BCUT2D eigenvalue weighted by molar-refractivity contribution is 0.0939. The molecule has 0 aliphatic rings. The summed E-state index contributed by atoms with van der Waals surface area (Å²) in [5.41, 5.74) is 4.49. The molecule has 0 radical (unpaired) electrons. The summed E-state index contributed by atoms with van der Waals surface area (Å²) in [6.45, 7) is 5.57. The SMILES string of the molecule is Cc1ccc(-c2cc(C(=O)N[C@H](C)c3cnc(C)nc3)cc(C(O)c3nccs3)c2)c(C#N)c1. The maximum Gasteiger partial charge on any atom is 0.251 e. The van der Waals surface area contributed by atoms with E-state index in [4.69, 9.17) is 0 Å². The number of thiazole rings is 1. The van der Waals surface area contributed by atoms with Crippen LogP contribution in [0.25, 0.3) is 11.1 Å². The van der Waals surface area contributed by atoms with Crippen LogP contribution in [0.5, 0.6) is 0 Å². The molecule has 8 heteroatoms. The Morgan fingerprint density at radius 1 is 1.09 bits per heavy atom. The molecular weight excluding hydrogens is 446 g/mol. The number of hydrogen-bond donors (Lipinski definition) is 2. The van der Waals surface area contributed by atoms with Gasteiger partial charge in [-0.25, -0.2) is 15.0 Å². The van der Waals surface area contributed by atoms with Crippen molar-refractivity contribution in [3.63, 3.8) is 0 Å². The van der Waals surface area contributed by atoms with Gasteiger partial charge in [0, 0.05) is 35.1 Å². The van der Waals surface area contributed by atoms with Gasteiger partial charge in [0.1, 0.15) is 16.9 Å². The fourth-order valence-electron chi connectivity index (χ4n) is 3.60. The predicted molar refractivity (Wildman–Crippen MR) is 130 cm³/mol. The second kappa shape index (κ2) is 9.91. The summed E-state index contributed by atoms with van der Waals surface area (Å²) in [7, 11) is 0. The number of hydrogen-bond acceptors (Lipinski definition) is 7. The van der Waals surface area contributed by atoms with Crippen LogP contribution >= 0.6 is 11.3 Å². The van der Waals surface area contributed by atoms with Gasteiger partial charge in [0.05, 0.1) is 17.7 Å². The molecular formula is C26H23N5O2S. The highest BCUT2D eigenvalue weighted by Crippen LogP contribution is 2.31. The summed E-state index contributed by atoms with van der Waals surface area (Å²) >= 11 is 1.33. The second-order valence-electron chi connectivity index (χ2n) is 8.04. The minimum atomic E-state index is -0.995. The van der Waals surface area contributed by atoms with Gasteiger partial charge in [-0.15, -0.1) is 11.3 Å². The summed E-state index contributed by atoms with van der Waals surface area (Å²) in [6.07, 6.45) is 4.00. The van der Waals surface area contributed by atoms with Crippen LogP contribution < -0.4 is 5.32 Å². The fourth-order valence-corrected chi connectivity index (χ4v) is 4.25. The first-order valence-electron chi connectivity index (χ1n) is 10.7. The number of nitrogens with one attached hydrogen (secondary N) is 1. The van der Waals surface area contributed by atoms with Crippen molar-refractivity contribution in [3.8, 4) is 17.2 Å². The van der Waals surface area contributed by atoms with Gasteiger partial charge in [-0.3, -0.25) is 4.79 Å². The van der Waals surface area contributed by atoms with Gasteiger partial charge in [-0.2, -0.15) is 5.26 Å². The molecule has 2 aromatic carbocycles. The van der Waals surface area contributed by atoms with Crippen LogP contribution in [-0.2, 0) is 0 Å². The van der Waals surface area contributed by atoms with Gasteiger partial charge in [-0.1, -0.05) is 12.1 Å². The van der Waals surface area contributed by atoms with Gasteiger partial charge < -0.3 is 10.4 Å². The monoisotopic (exact) mass is 469 g/mol. The molecule has 0 spiro atoms. The normalized spacial score (nSPS) is 12.6. The molecule has 2 heterocycles. The van der Waals surface area contributed by atoms with E-state index in [9.17, 15) is 15.2 Å². The largest absolute Gasteiger partial charge is 0.381 e. The van der Waals surface area contributed by atoms with Gasteiger partial charge in [0.15, 0.2) is 0 Å². The molecule has 0 aliphatic carbocycles. The maximum absolute atomic E-state index is 13.2. The average Bonchev–Trinajstić information content (AvgIpc) is 3.38. The Bertz CT molecular complexity index is 1360. The summed E-state index contributed by atoms with van der Waals surface area (Å²) in [4.78, 5) is 25.8. The molecule has 7 nitrogen and oxygen atoms in total. The van der Waals surface area contributed by atoms with Crippen molar-refractivity contribution in [2.24, 2.45) is 0 Å². The van der Waals surface area contributed by atoms with Crippen molar-refractivity contribution in [2.45, 2.75) is 32.9 Å². The van der Waals surface area contributed by atoms with Crippen LogP contribution in [0.4, 0.5) is 0 Å². The van der Waals surface area contributed by atoms with E-state index in [2.05, 4.69) is 26.3 Å². The van der Waals surface area contributed by atoms with Crippen molar-refractivity contribution in [1.29, 1.82) is 5.26 Å². The zero-order valence-electron chi connectivity index (χ0n) is 19.0. The highest BCUT2D eigenvalue weighted by atomic mass is 32.1. The molecule has 34 heavy (non-hydrogen) atoms. The van der Waals surface area contributed by atoms with Gasteiger partial charge in [0.2, 0.25) is 0 Å². The summed E-state index contributed by atoms with van der Waals surface area (Å²) in [5.74, 6) is 0.343. The van der Waals surface area contributed by atoms with E-state index in [0.29, 0.717) is 38.6 Å². The number of amides is 1. The van der Waals surface area contributed by atoms with Crippen molar-refractivity contribution >= 4 is 17.2 Å². The van der Waals surface area contributed by atoms with Crippen LogP contribution in [0.1, 0.15) is 62.5 Å². The minimum Gasteiger partial charge on any atom is -0.381 e. The van der Waals surface area contributed by atoms with Crippen LogP contribution in [0.2, 0.25) is 0 Å². The molecule has 2 N–H and O–H groups in total. The smallest absolute Gasteiger partial charge is 0.251 e. The maximum atomic E-state index is 13.2. The number of rotatable bonds is 6. The number of aryl methyl sites for hydroxylation is 2. The van der Waals surface area contributed by atoms with E-state index in [1.807, 2.05) is 26.0 Å². The second-order valence-corrected chi connectivity index (χ2v) is 8.96. The standard InChI is InChI=1S/C26H23N5O2S/c1-15-4-5-23(21(8-15)12-27)18-9-19(24(32)26-28-6-7-34-26)11-20(10-18)25(33)31-16(2)22-13-29-17(3)30-14-22/h4-11,13-14,16,24,32H,1-3H3,(H,31,33)/t16-,24?/m1/s1. The number of aliphatic hydroxyl groups excluding tert-OH is 1. The lowest BCUT2D eigenvalue weighted by Crippen LogP contribution is -2.27. The summed E-state index contributed by atoms with van der Waals surface area (Å²) < 4.78 is 0. The Hall–Kier alpha value is -3.93. The number of carbonyl (C=O) groups is 1. The third kappa shape index (κ3) is 5.01. The first-order chi connectivity index (χ1) is 16.4. The van der Waals surface area contributed by atoms with Crippen molar-refractivity contribution in [1.82, 2.24) is 20.3 Å². The van der Waals surface area contributed by atoms with E-state index < -0.39 is 6.10 Å². The average molecular weight is 470 g/mol. The Labute approximate surface area is 201 Å². The lowest BCUT2D eigenvalue weighted by Gasteiger charge is -2.17. The zero-order chi connectivity index (χ0) is 24.2. The van der Waals surface area contributed by atoms with Crippen LogP contribution in [0.3, 0.4) is 0 Å². The highest BCUT2D eigenvalue weighted by Gasteiger charge is 2.20. The Kier molecular flexibility index (Phi) is 6.77. The van der Waals surface area contributed by atoms with E-state index in [-0.39, 0.29) is 11.9 Å².